The molecule has 2 aromatic rings. The third-order valence-electron chi connectivity index (χ3n) is 6.04. The molecule has 1 amide bonds. The molecule has 2 aliphatic rings. The van der Waals surface area contributed by atoms with E-state index in [0.29, 0.717) is 5.56 Å². The fraction of sp³-hybridized carbons (Fsp3) is 0.364. The third kappa shape index (κ3) is 4.17. The summed E-state index contributed by atoms with van der Waals surface area (Å²) in [4.78, 5) is 24.2. The predicted octanol–water partition coefficient (Wildman–Crippen LogP) is 4.73. The van der Waals surface area contributed by atoms with Crippen molar-refractivity contribution >= 4 is 17.6 Å². The van der Waals surface area contributed by atoms with E-state index in [4.69, 9.17) is 4.74 Å². The average molecular weight is 473 g/mol. The molecule has 1 heterocycles. The number of amides is 1. The van der Waals surface area contributed by atoms with Gasteiger partial charge in [-0.3, -0.25) is 4.79 Å². The van der Waals surface area contributed by atoms with Gasteiger partial charge < -0.3 is 15.2 Å². The summed E-state index contributed by atoms with van der Waals surface area (Å²) in [6.07, 6.45) is -11.1. The number of aliphatic hydroxyl groups is 1. The van der Waals surface area contributed by atoms with Gasteiger partial charge >= 0.3 is 18.3 Å². The number of nitrogens with one attached hydrogen (secondary N) is 1. The van der Waals surface area contributed by atoms with Crippen LogP contribution in [0.1, 0.15) is 46.3 Å². The number of esters is 1. The van der Waals surface area contributed by atoms with Crippen LogP contribution in [0.4, 0.5) is 32.0 Å². The maximum atomic E-state index is 13.9. The molecule has 2 N–H and O–H groups in total. The molecule has 0 radical (unpaired) electrons. The van der Waals surface area contributed by atoms with Gasteiger partial charge in [0.2, 0.25) is 5.60 Å². The summed E-state index contributed by atoms with van der Waals surface area (Å²) in [5.74, 6) is -2.37. The number of hydrogen-bond donors (Lipinski definition) is 2. The monoisotopic (exact) mass is 473 g/mol. The lowest BCUT2D eigenvalue weighted by Crippen LogP contribution is -2.56. The molecule has 2 aromatic carbocycles. The summed E-state index contributed by atoms with van der Waals surface area (Å²) in [6, 6.07) is 7.61. The Hall–Kier alpha value is -3.08. The summed E-state index contributed by atoms with van der Waals surface area (Å²) < 4.78 is 85.8. The minimum atomic E-state index is -5.40. The van der Waals surface area contributed by atoms with Crippen molar-refractivity contribution in [1.29, 1.82) is 0 Å². The Morgan fingerprint density at radius 3 is 2.36 bits per heavy atom. The fourth-order valence-electron chi connectivity index (χ4n) is 3.99. The Balaban J connectivity index is 1.62. The van der Waals surface area contributed by atoms with Gasteiger partial charge in [-0.05, 0) is 48.1 Å². The van der Waals surface area contributed by atoms with Gasteiger partial charge in [0.15, 0.2) is 0 Å². The number of rotatable bonds is 5. The minimum absolute atomic E-state index is 0.0269. The predicted molar refractivity (Wildman–Crippen MR) is 102 cm³/mol. The number of ether oxygens (including phenoxy) is 1. The summed E-state index contributed by atoms with van der Waals surface area (Å²) >= 11 is 0. The molecule has 0 spiro atoms. The topological polar surface area (TPSA) is 75.6 Å². The highest BCUT2D eigenvalue weighted by Crippen LogP contribution is 2.56. The summed E-state index contributed by atoms with van der Waals surface area (Å²) in [5.41, 5.74) is -5.87. The number of cyclic esters (lactones) is 1. The molecule has 1 aliphatic heterocycles. The van der Waals surface area contributed by atoms with Crippen LogP contribution >= 0.6 is 0 Å². The van der Waals surface area contributed by atoms with E-state index in [2.05, 4.69) is 0 Å². The second-order valence-corrected chi connectivity index (χ2v) is 8.30. The van der Waals surface area contributed by atoms with Crippen molar-refractivity contribution in [3.63, 3.8) is 0 Å². The third-order valence-corrected chi connectivity index (χ3v) is 6.04. The quantitative estimate of drug-likeness (QED) is 0.487. The summed E-state index contributed by atoms with van der Waals surface area (Å²) in [7, 11) is 0. The first-order valence-electron chi connectivity index (χ1n) is 9.84. The number of fused-ring (bicyclic) bond motifs is 1. The molecule has 1 saturated carbocycles. The van der Waals surface area contributed by atoms with E-state index >= 15 is 0 Å². The van der Waals surface area contributed by atoms with Crippen LogP contribution in [0, 0.1) is 0 Å². The Morgan fingerprint density at radius 2 is 1.76 bits per heavy atom. The van der Waals surface area contributed by atoms with E-state index in [1.165, 1.54) is 24.3 Å². The van der Waals surface area contributed by atoms with Crippen molar-refractivity contribution in [2.24, 2.45) is 0 Å². The first kappa shape index (κ1) is 23.1. The van der Waals surface area contributed by atoms with Crippen LogP contribution in [0.25, 0.3) is 0 Å². The summed E-state index contributed by atoms with van der Waals surface area (Å²) in [5, 5.41) is 12.6. The number of anilines is 1. The van der Waals surface area contributed by atoms with Crippen LogP contribution in [0.3, 0.4) is 0 Å². The van der Waals surface area contributed by atoms with Gasteiger partial charge in [0.1, 0.15) is 6.61 Å². The highest BCUT2D eigenvalue weighted by Gasteiger charge is 2.65. The van der Waals surface area contributed by atoms with E-state index < -0.39 is 47.2 Å². The van der Waals surface area contributed by atoms with E-state index in [9.17, 15) is 41.0 Å². The van der Waals surface area contributed by atoms with Gasteiger partial charge in [0, 0.05) is 17.7 Å². The molecular formula is C22H17F6NO4. The van der Waals surface area contributed by atoms with Crippen LogP contribution < -0.4 is 5.32 Å². The largest absolute Gasteiger partial charge is 0.457 e. The lowest BCUT2D eigenvalue weighted by Gasteiger charge is -2.33. The van der Waals surface area contributed by atoms with Gasteiger partial charge in [-0.1, -0.05) is 18.2 Å². The zero-order chi connectivity index (χ0) is 24.2. The Morgan fingerprint density at radius 1 is 1.06 bits per heavy atom. The zero-order valence-electron chi connectivity index (χ0n) is 16.8. The van der Waals surface area contributed by atoms with Crippen molar-refractivity contribution in [2.75, 3.05) is 5.32 Å². The number of carbonyl (C=O) groups excluding carboxylic acids is 2. The van der Waals surface area contributed by atoms with Crippen molar-refractivity contribution in [1.82, 2.24) is 0 Å². The van der Waals surface area contributed by atoms with Crippen LogP contribution in [0.5, 0.6) is 0 Å². The van der Waals surface area contributed by atoms with Crippen molar-refractivity contribution in [3.8, 4) is 0 Å². The van der Waals surface area contributed by atoms with Crippen LogP contribution in [0.2, 0.25) is 0 Å². The van der Waals surface area contributed by atoms with Gasteiger partial charge in [0.25, 0.3) is 5.91 Å². The first-order valence-corrected chi connectivity index (χ1v) is 9.84. The maximum Gasteiger partial charge on any atom is 0.426 e. The molecule has 0 saturated heterocycles. The first-order chi connectivity index (χ1) is 15.3. The Bertz CT molecular complexity index is 1120. The minimum Gasteiger partial charge on any atom is -0.457 e. The normalized spacial score (nSPS) is 18.8. The maximum absolute atomic E-state index is 13.9. The van der Waals surface area contributed by atoms with Crippen molar-refractivity contribution in [3.05, 3.63) is 64.7 Å². The van der Waals surface area contributed by atoms with Gasteiger partial charge in [-0.2, -0.15) is 26.3 Å². The molecule has 33 heavy (non-hydrogen) atoms. The zero-order valence-corrected chi connectivity index (χ0v) is 16.8. The number of carbonyl (C=O) groups is 2. The van der Waals surface area contributed by atoms with Crippen LogP contribution in [0.15, 0.2) is 42.5 Å². The molecule has 0 aromatic heterocycles. The second-order valence-electron chi connectivity index (χ2n) is 8.30. The Labute approximate surface area is 183 Å². The van der Waals surface area contributed by atoms with Gasteiger partial charge in [-0.15, -0.1) is 0 Å². The van der Waals surface area contributed by atoms with Gasteiger partial charge in [0.05, 0.1) is 11.1 Å². The van der Waals surface area contributed by atoms with E-state index in [1.807, 2.05) is 5.32 Å². The molecule has 4 rings (SSSR count). The molecule has 1 atom stereocenters. The number of hydrogen-bond acceptors (Lipinski definition) is 4. The molecule has 5 nitrogen and oxygen atoms in total. The number of alkyl halides is 6. The van der Waals surface area contributed by atoms with Crippen LogP contribution in [-0.4, -0.2) is 28.8 Å². The molecule has 1 unspecified atom stereocenters. The van der Waals surface area contributed by atoms with E-state index in [0.717, 1.165) is 18.2 Å². The molecule has 1 aliphatic carbocycles. The molecule has 11 heteroatoms. The lowest BCUT2D eigenvalue weighted by atomic mass is 9.81. The summed E-state index contributed by atoms with van der Waals surface area (Å²) in [6.45, 7) is -0.111. The number of halogens is 6. The van der Waals surface area contributed by atoms with Crippen LogP contribution in [-0.2, 0) is 27.7 Å². The molecule has 1 fully saturated rings. The fourth-order valence-corrected chi connectivity index (χ4v) is 3.99. The van der Waals surface area contributed by atoms with Gasteiger partial charge in [-0.25, -0.2) is 4.79 Å². The average Bonchev–Trinajstić information content (AvgIpc) is 3.42. The molecule has 176 valence electrons. The van der Waals surface area contributed by atoms with Crippen molar-refractivity contribution in [2.45, 2.75) is 49.2 Å². The second kappa shape index (κ2) is 7.47. The smallest absolute Gasteiger partial charge is 0.426 e. The SMILES string of the molecule is O=C1OCc2cc(NC(=O)C(O)(CC3(c4cccc(C(F)(F)F)c4)CC3)C(F)(F)F)ccc21. The standard InChI is InChI=1S/C22H17F6NO4/c23-21(24,25)14-3-1-2-13(9-14)19(6-7-19)11-20(32,22(26,27)28)18(31)29-15-4-5-16-12(8-15)10-33-17(16)30/h1-5,8-9,32H,6-7,10-11H2,(H,29,31). The Kier molecular flexibility index (Phi) is 5.23. The number of benzene rings is 2. The highest BCUT2D eigenvalue weighted by molar-refractivity contribution is 5.99. The van der Waals surface area contributed by atoms with Crippen molar-refractivity contribution < 1.29 is 45.8 Å². The molecule has 0 bridgehead atoms. The highest BCUT2D eigenvalue weighted by atomic mass is 19.4. The van der Waals surface area contributed by atoms with E-state index in [-0.39, 0.29) is 36.3 Å². The lowest BCUT2D eigenvalue weighted by molar-refractivity contribution is -0.253. The molecular weight excluding hydrogens is 456 g/mol. The van der Waals surface area contributed by atoms with E-state index in [1.54, 1.807) is 0 Å².